The fourth-order valence-corrected chi connectivity index (χ4v) is 2.09. The molecule has 2 aromatic rings. The second-order valence-corrected chi connectivity index (χ2v) is 4.76. The first kappa shape index (κ1) is 15.3. The highest BCUT2D eigenvalue weighted by molar-refractivity contribution is 6.05. The van der Waals surface area contributed by atoms with Crippen molar-refractivity contribution in [1.82, 2.24) is 0 Å². The first-order valence-electron chi connectivity index (χ1n) is 6.42. The van der Waals surface area contributed by atoms with E-state index in [9.17, 15) is 14.9 Å². The van der Waals surface area contributed by atoms with Crippen LogP contribution in [-0.2, 0) is 0 Å². The summed E-state index contributed by atoms with van der Waals surface area (Å²) in [5.41, 5.74) is 1.16. The number of carbonyl (C=O) groups is 1. The second kappa shape index (κ2) is 5.69. The number of nitrogens with one attached hydrogen (secondary N) is 1. The predicted octanol–water partition coefficient (Wildman–Crippen LogP) is 3.24. The molecule has 0 aliphatic carbocycles. The third-order valence-electron chi connectivity index (χ3n) is 3.47. The number of hydrogen-bond donors (Lipinski definition) is 1. The SMILES string of the molecule is Cc1oc(NC(=O)c2cccc([N+](=O)[O-])c2C)c(C#N)c1C. The smallest absolute Gasteiger partial charge is 0.273 e. The summed E-state index contributed by atoms with van der Waals surface area (Å²) in [6, 6.07) is 6.21. The van der Waals surface area contributed by atoms with Crippen LogP contribution in [-0.4, -0.2) is 10.8 Å². The van der Waals surface area contributed by atoms with Gasteiger partial charge in [-0.1, -0.05) is 6.07 Å². The van der Waals surface area contributed by atoms with Gasteiger partial charge in [0.2, 0.25) is 5.88 Å². The van der Waals surface area contributed by atoms with E-state index in [1.807, 2.05) is 6.07 Å². The van der Waals surface area contributed by atoms with Gasteiger partial charge in [0.1, 0.15) is 17.4 Å². The first-order chi connectivity index (χ1) is 10.4. The Labute approximate surface area is 126 Å². The molecule has 0 saturated heterocycles. The van der Waals surface area contributed by atoms with E-state index in [-0.39, 0.29) is 28.3 Å². The summed E-state index contributed by atoms with van der Waals surface area (Å²) in [6.07, 6.45) is 0. The topological polar surface area (TPSA) is 109 Å². The molecular weight excluding hydrogens is 286 g/mol. The highest BCUT2D eigenvalue weighted by atomic mass is 16.6. The van der Waals surface area contributed by atoms with Crippen molar-refractivity contribution in [1.29, 1.82) is 5.26 Å². The quantitative estimate of drug-likeness (QED) is 0.691. The molecule has 0 fully saturated rings. The number of amides is 1. The molecule has 22 heavy (non-hydrogen) atoms. The number of benzene rings is 1. The Morgan fingerprint density at radius 1 is 1.32 bits per heavy atom. The molecule has 1 amide bonds. The normalized spacial score (nSPS) is 10.1. The van der Waals surface area contributed by atoms with Crippen molar-refractivity contribution in [2.24, 2.45) is 0 Å². The average Bonchev–Trinajstić information content (AvgIpc) is 2.72. The molecule has 0 saturated carbocycles. The lowest BCUT2D eigenvalue weighted by molar-refractivity contribution is -0.385. The molecule has 0 radical (unpaired) electrons. The van der Waals surface area contributed by atoms with Crippen molar-refractivity contribution >= 4 is 17.5 Å². The monoisotopic (exact) mass is 299 g/mol. The number of nitro benzene ring substituents is 1. The van der Waals surface area contributed by atoms with Gasteiger partial charge in [0, 0.05) is 22.8 Å². The number of furan rings is 1. The summed E-state index contributed by atoms with van der Waals surface area (Å²) in [5.74, 6) is 0.0162. The Balaban J connectivity index is 2.39. The Morgan fingerprint density at radius 2 is 2.00 bits per heavy atom. The van der Waals surface area contributed by atoms with E-state index >= 15 is 0 Å². The Hall–Kier alpha value is -3.14. The second-order valence-electron chi connectivity index (χ2n) is 4.76. The van der Waals surface area contributed by atoms with E-state index in [1.165, 1.54) is 25.1 Å². The maximum Gasteiger partial charge on any atom is 0.273 e. The van der Waals surface area contributed by atoms with Gasteiger partial charge >= 0.3 is 0 Å². The summed E-state index contributed by atoms with van der Waals surface area (Å²) in [5, 5.41) is 22.5. The van der Waals surface area contributed by atoms with Crippen LogP contribution in [0, 0.1) is 42.2 Å². The Morgan fingerprint density at radius 3 is 2.59 bits per heavy atom. The number of nitrogens with zero attached hydrogens (tertiary/aromatic N) is 2. The molecule has 0 aliphatic rings. The van der Waals surface area contributed by atoms with E-state index in [4.69, 9.17) is 9.68 Å². The lowest BCUT2D eigenvalue weighted by Gasteiger charge is -2.06. The lowest BCUT2D eigenvalue weighted by atomic mass is 10.1. The van der Waals surface area contributed by atoms with Crippen LogP contribution in [0.4, 0.5) is 11.6 Å². The molecule has 0 bridgehead atoms. The fourth-order valence-electron chi connectivity index (χ4n) is 2.09. The van der Waals surface area contributed by atoms with Crippen LogP contribution in [0.25, 0.3) is 0 Å². The summed E-state index contributed by atoms with van der Waals surface area (Å²) >= 11 is 0. The molecule has 7 nitrogen and oxygen atoms in total. The van der Waals surface area contributed by atoms with E-state index in [0.717, 1.165) is 0 Å². The Kier molecular flexibility index (Phi) is 3.95. The summed E-state index contributed by atoms with van der Waals surface area (Å²) < 4.78 is 5.36. The minimum absolute atomic E-state index is 0.0495. The molecule has 2 rings (SSSR count). The van der Waals surface area contributed by atoms with Gasteiger partial charge in [0.15, 0.2) is 0 Å². The highest BCUT2D eigenvalue weighted by Crippen LogP contribution is 2.27. The first-order valence-corrected chi connectivity index (χ1v) is 6.42. The van der Waals surface area contributed by atoms with Crippen LogP contribution in [0.2, 0.25) is 0 Å². The lowest BCUT2D eigenvalue weighted by Crippen LogP contribution is -2.14. The number of anilines is 1. The van der Waals surface area contributed by atoms with Gasteiger partial charge in [-0.2, -0.15) is 5.26 Å². The van der Waals surface area contributed by atoms with Crippen molar-refractivity contribution in [3.8, 4) is 6.07 Å². The number of hydrogen-bond acceptors (Lipinski definition) is 5. The van der Waals surface area contributed by atoms with Crippen LogP contribution >= 0.6 is 0 Å². The molecule has 112 valence electrons. The predicted molar refractivity (Wildman–Crippen MR) is 78.7 cm³/mol. The van der Waals surface area contributed by atoms with Crippen molar-refractivity contribution < 1.29 is 14.1 Å². The molecule has 7 heteroatoms. The molecule has 0 spiro atoms. The zero-order chi connectivity index (χ0) is 16.4. The zero-order valence-corrected chi connectivity index (χ0v) is 12.3. The minimum Gasteiger partial charge on any atom is -0.444 e. The highest BCUT2D eigenvalue weighted by Gasteiger charge is 2.21. The minimum atomic E-state index is -0.563. The maximum atomic E-state index is 12.3. The van der Waals surface area contributed by atoms with E-state index in [2.05, 4.69) is 5.32 Å². The molecule has 0 atom stereocenters. The molecule has 1 heterocycles. The Bertz CT molecular complexity index is 815. The van der Waals surface area contributed by atoms with Gasteiger partial charge in [-0.3, -0.25) is 20.2 Å². The van der Waals surface area contributed by atoms with Gasteiger partial charge in [0.05, 0.1) is 4.92 Å². The van der Waals surface area contributed by atoms with Crippen LogP contribution < -0.4 is 5.32 Å². The van der Waals surface area contributed by atoms with Crippen molar-refractivity contribution in [3.05, 3.63) is 56.3 Å². The molecule has 1 N–H and O–H groups in total. The van der Waals surface area contributed by atoms with Crippen LogP contribution in [0.3, 0.4) is 0 Å². The van der Waals surface area contributed by atoms with Crippen molar-refractivity contribution in [2.75, 3.05) is 5.32 Å². The molecule has 1 aromatic carbocycles. The van der Waals surface area contributed by atoms with Crippen molar-refractivity contribution in [3.63, 3.8) is 0 Å². The molecular formula is C15H13N3O4. The van der Waals surface area contributed by atoms with E-state index in [1.54, 1.807) is 13.8 Å². The van der Waals surface area contributed by atoms with Gasteiger partial charge in [-0.05, 0) is 26.8 Å². The van der Waals surface area contributed by atoms with Crippen LogP contribution in [0.1, 0.15) is 32.8 Å². The van der Waals surface area contributed by atoms with Gasteiger partial charge in [0.25, 0.3) is 11.6 Å². The zero-order valence-electron chi connectivity index (χ0n) is 12.3. The summed E-state index contributed by atoms with van der Waals surface area (Å²) in [7, 11) is 0. The number of carbonyl (C=O) groups excluding carboxylic acids is 1. The number of rotatable bonds is 3. The van der Waals surface area contributed by atoms with E-state index in [0.29, 0.717) is 11.3 Å². The molecule has 0 unspecified atom stereocenters. The van der Waals surface area contributed by atoms with Crippen molar-refractivity contribution in [2.45, 2.75) is 20.8 Å². The number of nitriles is 1. The summed E-state index contributed by atoms with van der Waals surface area (Å²) in [6.45, 7) is 4.90. The fraction of sp³-hybridized carbons (Fsp3) is 0.200. The van der Waals surface area contributed by atoms with Crippen LogP contribution in [0.15, 0.2) is 22.6 Å². The largest absolute Gasteiger partial charge is 0.444 e. The van der Waals surface area contributed by atoms with Gasteiger partial charge < -0.3 is 4.42 Å². The standard InChI is InChI=1S/C15H13N3O4/c1-8-10(3)22-15(12(8)7-16)17-14(19)11-5-4-6-13(9(11)2)18(20)21/h4-6H,1-3H3,(H,17,19). The van der Waals surface area contributed by atoms with Gasteiger partial charge in [-0.15, -0.1) is 0 Å². The summed E-state index contributed by atoms with van der Waals surface area (Å²) in [4.78, 5) is 22.7. The van der Waals surface area contributed by atoms with Crippen LogP contribution in [0.5, 0.6) is 0 Å². The number of aryl methyl sites for hydroxylation is 1. The third kappa shape index (κ3) is 2.54. The third-order valence-corrected chi connectivity index (χ3v) is 3.47. The number of nitro groups is 1. The molecule has 0 aliphatic heterocycles. The molecule has 1 aromatic heterocycles. The van der Waals surface area contributed by atoms with E-state index < -0.39 is 10.8 Å². The van der Waals surface area contributed by atoms with Gasteiger partial charge in [-0.25, -0.2) is 0 Å². The average molecular weight is 299 g/mol. The maximum absolute atomic E-state index is 12.3.